The highest BCUT2D eigenvalue weighted by atomic mass is 35.5. The molecule has 1 fully saturated rings. The maximum atomic E-state index is 11.4. The zero-order valence-electron chi connectivity index (χ0n) is 14.5. The van der Waals surface area contributed by atoms with E-state index in [2.05, 4.69) is 10.1 Å². The maximum Gasteiger partial charge on any atom is 0.264 e. The van der Waals surface area contributed by atoms with Crippen molar-refractivity contribution in [2.24, 2.45) is 11.8 Å². The van der Waals surface area contributed by atoms with Crippen molar-refractivity contribution in [2.45, 2.75) is 31.4 Å². The standard InChI is InChI=1S/C17H22ClN3O4S/c1-26(23,24)25-10-17(22)7-6-14(8-13-2-4-15(18)5-3-13)16(17)9-21-12-19-11-20-21/h2-5,11-12,14,16,22H,6-10H2,1H3. The smallest absolute Gasteiger partial charge is 0.264 e. The molecule has 1 aliphatic carbocycles. The van der Waals surface area contributed by atoms with Crippen LogP contribution in [0, 0.1) is 11.8 Å². The normalized spacial score (nSPS) is 26.3. The van der Waals surface area contributed by atoms with Crippen LogP contribution in [-0.2, 0) is 27.3 Å². The van der Waals surface area contributed by atoms with Crippen molar-refractivity contribution >= 4 is 21.7 Å². The van der Waals surface area contributed by atoms with Crippen molar-refractivity contribution in [3.63, 3.8) is 0 Å². The highest BCUT2D eigenvalue weighted by Crippen LogP contribution is 2.43. The van der Waals surface area contributed by atoms with Gasteiger partial charge in [0.2, 0.25) is 0 Å². The van der Waals surface area contributed by atoms with Gasteiger partial charge in [-0.2, -0.15) is 13.5 Å². The summed E-state index contributed by atoms with van der Waals surface area (Å²) in [6.45, 7) is 0.199. The predicted octanol–water partition coefficient (Wildman–Crippen LogP) is 1.91. The van der Waals surface area contributed by atoms with Gasteiger partial charge in [0.05, 0.1) is 18.5 Å². The summed E-state index contributed by atoms with van der Waals surface area (Å²) < 4.78 is 29.4. The van der Waals surface area contributed by atoms with Crippen molar-refractivity contribution in [1.29, 1.82) is 0 Å². The Morgan fingerprint density at radius 1 is 1.38 bits per heavy atom. The minimum absolute atomic E-state index is 0.161. The molecular formula is C17H22ClN3O4S. The summed E-state index contributed by atoms with van der Waals surface area (Å²) in [5, 5.41) is 15.9. The molecule has 1 N–H and O–H groups in total. The molecule has 9 heteroatoms. The molecular weight excluding hydrogens is 378 g/mol. The van der Waals surface area contributed by atoms with Crippen LogP contribution < -0.4 is 0 Å². The van der Waals surface area contributed by atoms with Crippen LogP contribution >= 0.6 is 11.6 Å². The predicted molar refractivity (Wildman–Crippen MR) is 97.1 cm³/mol. The van der Waals surface area contributed by atoms with Crippen molar-refractivity contribution in [2.75, 3.05) is 12.9 Å². The average Bonchev–Trinajstić information content (AvgIpc) is 3.19. The third-order valence-electron chi connectivity index (χ3n) is 4.99. The van der Waals surface area contributed by atoms with E-state index < -0.39 is 15.7 Å². The van der Waals surface area contributed by atoms with Crippen LogP contribution in [0.5, 0.6) is 0 Å². The molecule has 26 heavy (non-hydrogen) atoms. The first-order chi connectivity index (χ1) is 12.3. The van der Waals surface area contributed by atoms with E-state index in [9.17, 15) is 13.5 Å². The molecule has 3 atom stereocenters. The lowest BCUT2D eigenvalue weighted by molar-refractivity contribution is -0.0488. The number of rotatable bonds is 7. The molecule has 0 bridgehead atoms. The quantitative estimate of drug-likeness (QED) is 0.714. The van der Waals surface area contributed by atoms with Crippen molar-refractivity contribution in [3.8, 4) is 0 Å². The first-order valence-electron chi connectivity index (χ1n) is 8.39. The van der Waals surface area contributed by atoms with E-state index in [1.165, 1.54) is 6.33 Å². The topological polar surface area (TPSA) is 94.3 Å². The number of halogens is 1. The highest BCUT2D eigenvalue weighted by Gasteiger charge is 2.48. The monoisotopic (exact) mass is 399 g/mol. The van der Waals surface area contributed by atoms with E-state index in [4.69, 9.17) is 15.8 Å². The minimum atomic E-state index is -3.63. The van der Waals surface area contributed by atoms with E-state index in [0.717, 1.165) is 24.7 Å². The molecule has 2 aromatic rings. The van der Waals surface area contributed by atoms with Gasteiger partial charge >= 0.3 is 0 Å². The Hall–Kier alpha value is -1.48. The second-order valence-electron chi connectivity index (χ2n) is 6.92. The van der Waals surface area contributed by atoms with E-state index in [1.54, 1.807) is 11.0 Å². The van der Waals surface area contributed by atoms with Gasteiger partial charge in [0.1, 0.15) is 12.7 Å². The van der Waals surface area contributed by atoms with Crippen LogP contribution in [0.25, 0.3) is 0 Å². The summed E-state index contributed by atoms with van der Waals surface area (Å²) in [7, 11) is -3.63. The molecule has 3 rings (SSSR count). The molecule has 1 saturated carbocycles. The van der Waals surface area contributed by atoms with Crippen molar-refractivity contribution in [1.82, 2.24) is 14.8 Å². The van der Waals surface area contributed by atoms with Crippen LogP contribution in [0.4, 0.5) is 0 Å². The van der Waals surface area contributed by atoms with Crippen LogP contribution in [-0.4, -0.2) is 46.8 Å². The first-order valence-corrected chi connectivity index (χ1v) is 10.6. The Labute approximate surface area is 158 Å². The van der Waals surface area contributed by atoms with Crippen LogP contribution in [0.3, 0.4) is 0 Å². The Kier molecular flexibility index (Phi) is 5.67. The molecule has 1 aromatic heterocycles. The Morgan fingerprint density at radius 2 is 2.12 bits per heavy atom. The van der Waals surface area contributed by atoms with E-state index >= 15 is 0 Å². The zero-order valence-corrected chi connectivity index (χ0v) is 16.0. The molecule has 0 amide bonds. The van der Waals surface area contributed by atoms with Crippen molar-refractivity contribution in [3.05, 3.63) is 47.5 Å². The zero-order chi connectivity index (χ0) is 18.8. The number of hydrogen-bond acceptors (Lipinski definition) is 6. The number of benzene rings is 1. The molecule has 0 radical (unpaired) electrons. The number of nitrogens with zero attached hydrogens (tertiary/aromatic N) is 3. The Bertz CT molecular complexity index is 826. The lowest BCUT2D eigenvalue weighted by Gasteiger charge is -2.32. The van der Waals surface area contributed by atoms with Gasteiger partial charge in [-0.1, -0.05) is 23.7 Å². The summed E-state index contributed by atoms with van der Waals surface area (Å²) in [4.78, 5) is 3.94. The lowest BCUT2D eigenvalue weighted by Crippen LogP contribution is -2.43. The minimum Gasteiger partial charge on any atom is -0.387 e. The van der Waals surface area contributed by atoms with Gasteiger partial charge in [-0.15, -0.1) is 0 Å². The van der Waals surface area contributed by atoms with Gasteiger partial charge in [0.15, 0.2) is 0 Å². The van der Waals surface area contributed by atoms with Gasteiger partial charge in [-0.25, -0.2) is 4.98 Å². The molecule has 0 saturated heterocycles. The maximum absolute atomic E-state index is 11.4. The second kappa shape index (κ2) is 7.64. The summed E-state index contributed by atoms with van der Waals surface area (Å²) in [5.41, 5.74) is -0.108. The number of aromatic nitrogens is 3. The van der Waals surface area contributed by atoms with Gasteiger partial charge in [-0.3, -0.25) is 8.86 Å². The first kappa shape index (κ1) is 19.3. The van der Waals surface area contributed by atoms with Gasteiger partial charge < -0.3 is 5.11 Å². The second-order valence-corrected chi connectivity index (χ2v) is 9.00. The SMILES string of the molecule is CS(=O)(=O)OCC1(O)CCC(Cc2ccc(Cl)cc2)C1Cn1cncn1. The van der Waals surface area contributed by atoms with Gasteiger partial charge in [0.25, 0.3) is 10.1 Å². The van der Waals surface area contributed by atoms with Gasteiger partial charge in [-0.05, 0) is 42.9 Å². The fraction of sp³-hybridized carbons (Fsp3) is 0.529. The van der Waals surface area contributed by atoms with Crippen LogP contribution in [0.2, 0.25) is 5.02 Å². The molecule has 0 spiro atoms. The molecule has 142 valence electrons. The number of aliphatic hydroxyl groups is 1. The van der Waals surface area contributed by atoms with E-state index in [1.807, 2.05) is 24.3 Å². The lowest BCUT2D eigenvalue weighted by atomic mass is 9.83. The van der Waals surface area contributed by atoms with Gasteiger partial charge in [0, 0.05) is 17.5 Å². The fourth-order valence-electron chi connectivity index (χ4n) is 3.66. The van der Waals surface area contributed by atoms with Crippen LogP contribution in [0.1, 0.15) is 18.4 Å². The summed E-state index contributed by atoms with van der Waals surface area (Å²) in [5.74, 6) is -0.0461. The molecule has 1 aliphatic rings. The summed E-state index contributed by atoms with van der Waals surface area (Å²) in [6.07, 6.45) is 6.02. The summed E-state index contributed by atoms with van der Waals surface area (Å²) in [6, 6.07) is 7.63. The fourth-order valence-corrected chi connectivity index (χ4v) is 4.21. The third-order valence-corrected chi connectivity index (χ3v) is 5.79. The molecule has 0 aliphatic heterocycles. The molecule has 1 aromatic carbocycles. The average molecular weight is 400 g/mol. The molecule has 1 heterocycles. The van der Waals surface area contributed by atoms with Crippen LogP contribution in [0.15, 0.2) is 36.9 Å². The Morgan fingerprint density at radius 3 is 2.73 bits per heavy atom. The van der Waals surface area contributed by atoms with E-state index in [-0.39, 0.29) is 18.4 Å². The molecule has 7 nitrogen and oxygen atoms in total. The van der Waals surface area contributed by atoms with Crippen molar-refractivity contribution < 1.29 is 17.7 Å². The Balaban J connectivity index is 1.80. The summed E-state index contributed by atoms with van der Waals surface area (Å²) >= 11 is 5.95. The third kappa shape index (κ3) is 4.82. The largest absolute Gasteiger partial charge is 0.387 e. The highest BCUT2D eigenvalue weighted by molar-refractivity contribution is 7.85. The number of hydrogen-bond donors (Lipinski definition) is 1. The van der Waals surface area contributed by atoms with E-state index in [0.29, 0.717) is 18.0 Å². The molecule has 3 unspecified atom stereocenters.